The van der Waals surface area contributed by atoms with Crippen LogP contribution in [0.5, 0.6) is 0 Å². The molecule has 0 bridgehead atoms. The van der Waals surface area contributed by atoms with Crippen molar-refractivity contribution in [1.82, 2.24) is 19.5 Å². The van der Waals surface area contributed by atoms with Gasteiger partial charge in [0.2, 0.25) is 0 Å². The lowest BCUT2D eigenvalue weighted by Gasteiger charge is -2.29. The van der Waals surface area contributed by atoms with E-state index in [-0.39, 0.29) is 11.2 Å². The summed E-state index contributed by atoms with van der Waals surface area (Å²) in [7, 11) is 0. The molecule has 5 heteroatoms. The summed E-state index contributed by atoms with van der Waals surface area (Å²) in [4.78, 5) is 17.1. The van der Waals surface area contributed by atoms with Crippen molar-refractivity contribution in [2.24, 2.45) is 0 Å². The second-order valence-electron chi connectivity index (χ2n) is 15.1. The monoisotopic (exact) mass is 758 g/mol. The molecule has 0 fully saturated rings. The van der Waals surface area contributed by atoms with Gasteiger partial charge in [-0.3, -0.25) is 0 Å². The highest BCUT2D eigenvalue weighted by Gasteiger charge is 2.42. The minimum atomic E-state index is 0.0502. The van der Waals surface area contributed by atoms with Crippen molar-refractivity contribution in [3.63, 3.8) is 0 Å². The largest absolute Gasteiger partial charge is 0.312 e. The van der Waals surface area contributed by atoms with E-state index < -0.39 is 0 Å². The Balaban J connectivity index is 1.07. The predicted octanol–water partition coefficient (Wildman–Crippen LogP) is 13.5. The fourth-order valence-corrected chi connectivity index (χ4v) is 10.5. The topological polar surface area (TPSA) is 43.6 Å². The third-order valence-electron chi connectivity index (χ3n) is 11.8. The molecule has 0 spiro atoms. The zero-order valence-electron chi connectivity index (χ0n) is 31.3. The van der Waals surface area contributed by atoms with Gasteiger partial charge >= 0.3 is 0 Å². The first-order valence-electron chi connectivity index (χ1n) is 19.7. The zero-order valence-corrected chi connectivity index (χ0v) is 32.1. The van der Waals surface area contributed by atoms with Crippen LogP contribution in [0.2, 0.25) is 0 Å². The molecule has 0 saturated carbocycles. The van der Waals surface area contributed by atoms with E-state index in [0.717, 1.165) is 27.6 Å². The number of benzene rings is 8. The summed E-state index contributed by atoms with van der Waals surface area (Å²) in [5, 5.41) is 7.40. The number of allylic oxidation sites excluding steroid dienone is 3. The van der Waals surface area contributed by atoms with E-state index >= 15 is 0 Å². The van der Waals surface area contributed by atoms with Gasteiger partial charge in [0, 0.05) is 44.0 Å². The Bertz CT molecular complexity index is 3320. The van der Waals surface area contributed by atoms with Crippen LogP contribution >= 0.6 is 11.8 Å². The van der Waals surface area contributed by atoms with Gasteiger partial charge in [-0.2, -0.15) is 0 Å². The molecule has 0 N–H and O–H groups in total. The molecule has 272 valence electrons. The van der Waals surface area contributed by atoms with Gasteiger partial charge in [-0.25, -0.2) is 15.0 Å². The maximum atomic E-state index is 5.33. The highest BCUT2D eigenvalue weighted by Crippen LogP contribution is 2.57. The van der Waals surface area contributed by atoms with Crippen LogP contribution in [-0.2, 0) is 0 Å². The molecule has 2 unspecified atom stereocenters. The molecule has 4 nitrogen and oxygen atoms in total. The van der Waals surface area contributed by atoms with Crippen molar-refractivity contribution in [3.8, 4) is 33.9 Å². The lowest BCUT2D eigenvalue weighted by atomic mass is 9.84. The summed E-state index contributed by atoms with van der Waals surface area (Å²) in [5.41, 5.74) is 10.4. The molecule has 10 aromatic rings. The summed E-state index contributed by atoms with van der Waals surface area (Å²) in [6, 6.07) is 65.1. The summed E-state index contributed by atoms with van der Waals surface area (Å²) in [6.07, 6.45) is 4.60. The van der Waals surface area contributed by atoms with Crippen LogP contribution < -0.4 is 0 Å². The fraction of sp³-hybridized carbons (Fsp3) is 0.0377. The molecule has 0 amide bonds. The lowest BCUT2D eigenvalue weighted by molar-refractivity contribution is 0.853. The van der Waals surface area contributed by atoms with Crippen LogP contribution in [0.1, 0.15) is 17.3 Å². The van der Waals surface area contributed by atoms with Gasteiger partial charge < -0.3 is 4.57 Å². The van der Waals surface area contributed by atoms with Crippen LogP contribution in [0.15, 0.2) is 199 Å². The standard InChI is InChI=1S/C53H34N4S/c1-2-12-33(13-3-1)35-22-25-36(26-23-35)51-54-52(40-27-24-34-14-4-5-15-37(34)30-40)56-53(55-51)43-28-29-46(49-42-19-9-11-21-48(42)58-50(43)49)57-45-20-10-8-18-41(45)44-31-38-16-6-7-17-39(38)32-47(44)57/h1-32,49-50H. The van der Waals surface area contributed by atoms with Crippen molar-refractivity contribution in [2.45, 2.75) is 16.1 Å². The molecular formula is C53H34N4S. The SMILES string of the molecule is C1=C(c2nc(-c3ccc(-c4ccccc4)cc3)nc(-c3ccc4ccccc4c3)n2)C2Sc3ccccc3C2C(n2c3ccccc3c3cc4ccccc4cc32)=C1. The Morgan fingerprint density at radius 1 is 0.414 bits per heavy atom. The fourth-order valence-electron chi connectivity index (χ4n) is 9.03. The van der Waals surface area contributed by atoms with E-state index in [2.05, 4.69) is 193 Å². The van der Waals surface area contributed by atoms with E-state index in [1.165, 1.54) is 59.7 Å². The minimum Gasteiger partial charge on any atom is -0.312 e. The second-order valence-corrected chi connectivity index (χ2v) is 16.3. The van der Waals surface area contributed by atoms with Crippen molar-refractivity contribution < 1.29 is 0 Å². The number of hydrogen-bond acceptors (Lipinski definition) is 4. The molecule has 2 aromatic heterocycles. The van der Waals surface area contributed by atoms with Crippen LogP contribution in [0, 0.1) is 0 Å². The van der Waals surface area contributed by atoms with E-state index in [1.54, 1.807) is 0 Å². The van der Waals surface area contributed by atoms with Gasteiger partial charge in [-0.15, -0.1) is 11.8 Å². The molecule has 1 aliphatic carbocycles. The van der Waals surface area contributed by atoms with Gasteiger partial charge in [0.05, 0.1) is 16.3 Å². The molecule has 3 heterocycles. The Labute approximate surface area is 339 Å². The number of hydrogen-bond donors (Lipinski definition) is 0. The average Bonchev–Trinajstić information content (AvgIpc) is 3.84. The Hall–Kier alpha value is -7.08. The van der Waals surface area contributed by atoms with Crippen molar-refractivity contribution in [1.29, 1.82) is 0 Å². The normalized spacial score (nSPS) is 16.1. The molecule has 1 aliphatic heterocycles. The molecule has 0 radical (unpaired) electrons. The minimum absolute atomic E-state index is 0.0502. The summed E-state index contributed by atoms with van der Waals surface area (Å²) >= 11 is 1.92. The van der Waals surface area contributed by atoms with Crippen molar-refractivity contribution >= 4 is 66.4 Å². The third-order valence-corrected chi connectivity index (χ3v) is 13.2. The number of nitrogens with zero attached hydrogens (tertiary/aromatic N) is 4. The first-order valence-corrected chi connectivity index (χ1v) is 20.6. The predicted molar refractivity (Wildman–Crippen MR) is 242 cm³/mol. The smallest absolute Gasteiger partial charge is 0.164 e. The lowest BCUT2D eigenvalue weighted by Crippen LogP contribution is -2.21. The van der Waals surface area contributed by atoms with Crippen molar-refractivity contribution in [3.05, 3.63) is 206 Å². The van der Waals surface area contributed by atoms with E-state index in [1.807, 2.05) is 17.8 Å². The van der Waals surface area contributed by atoms with Gasteiger partial charge in [0.15, 0.2) is 17.5 Å². The molecule has 58 heavy (non-hydrogen) atoms. The number of rotatable bonds is 5. The molecule has 8 aromatic carbocycles. The van der Waals surface area contributed by atoms with Gasteiger partial charge in [-0.05, 0) is 74.6 Å². The molecule has 2 aliphatic rings. The maximum Gasteiger partial charge on any atom is 0.164 e. The number of fused-ring (bicyclic) bond motifs is 8. The Morgan fingerprint density at radius 3 is 1.84 bits per heavy atom. The molecule has 0 saturated heterocycles. The van der Waals surface area contributed by atoms with E-state index in [4.69, 9.17) is 15.0 Å². The van der Waals surface area contributed by atoms with Crippen LogP contribution in [0.25, 0.3) is 88.5 Å². The highest BCUT2D eigenvalue weighted by molar-refractivity contribution is 8.00. The number of aromatic nitrogens is 4. The number of para-hydroxylation sites is 1. The van der Waals surface area contributed by atoms with E-state index in [9.17, 15) is 0 Å². The number of thioether (sulfide) groups is 1. The maximum absolute atomic E-state index is 5.33. The second kappa shape index (κ2) is 13.3. The summed E-state index contributed by atoms with van der Waals surface area (Å²) in [6.45, 7) is 0. The van der Waals surface area contributed by atoms with Crippen LogP contribution in [0.4, 0.5) is 0 Å². The third kappa shape index (κ3) is 5.35. The molecule has 12 rings (SSSR count). The Kier molecular flexibility index (Phi) is 7.57. The summed E-state index contributed by atoms with van der Waals surface area (Å²) < 4.78 is 2.51. The first kappa shape index (κ1) is 33.1. The van der Waals surface area contributed by atoms with E-state index in [0.29, 0.717) is 17.5 Å². The zero-order chi connectivity index (χ0) is 38.2. The van der Waals surface area contributed by atoms with Crippen molar-refractivity contribution in [2.75, 3.05) is 0 Å². The average molecular weight is 759 g/mol. The molecular weight excluding hydrogens is 725 g/mol. The summed E-state index contributed by atoms with van der Waals surface area (Å²) in [5.74, 6) is 2.11. The first-order chi connectivity index (χ1) is 28.7. The van der Waals surface area contributed by atoms with Crippen LogP contribution in [0.3, 0.4) is 0 Å². The quantitative estimate of drug-likeness (QED) is 0.175. The van der Waals surface area contributed by atoms with Gasteiger partial charge in [0.1, 0.15) is 0 Å². The molecule has 2 atom stereocenters. The highest BCUT2D eigenvalue weighted by atomic mass is 32.2. The van der Waals surface area contributed by atoms with Crippen LogP contribution in [-0.4, -0.2) is 24.8 Å². The Morgan fingerprint density at radius 2 is 1.02 bits per heavy atom. The van der Waals surface area contributed by atoms with Gasteiger partial charge in [-0.1, -0.05) is 158 Å². The van der Waals surface area contributed by atoms with Gasteiger partial charge in [0.25, 0.3) is 0 Å².